The van der Waals surface area contributed by atoms with Crippen molar-refractivity contribution in [1.82, 2.24) is 0 Å². The molecule has 7 heteroatoms. The van der Waals surface area contributed by atoms with Crippen LogP contribution in [-0.4, -0.2) is 63.9 Å². The van der Waals surface area contributed by atoms with E-state index >= 15 is 0 Å². The maximum Gasteiger partial charge on any atom is 0.234 e. The summed E-state index contributed by atoms with van der Waals surface area (Å²) in [6.45, 7) is 4.20. The van der Waals surface area contributed by atoms with E-state index in [1.165, 1.54) is 12.2 Å². The number of rotatable bonds is 9. The minimum Gasteiger partial charge on any atom is -0.376 e. The van der Waals surface area contributed by atoms with Crippen LogP contribution in [0.1, 0.15) is 12.8 Å². The Morgan fingerprint density at radius 3 is 1.68 bits per heavy atom. The van der Waals surface area contributed by atoms with Crippen molar-refractivity contribution < 1.29 is 23.8 Å². The Bertz CT molecular complexity index is 297. The maximum absolute atomic E-state index is 9.52. The number of carbonyl (C=O) groups excluding carboxylic acids is 2. The van der Waals surface area contributed by atoms with Crippen molar-refractivity contribution in [3.63, 3.8) is 0 Å². The summed E-state index contributed by atoms with van der Waals surface area (Å²) in [5.74, 6) is 0. The number of ether oxygens (including phenoxy) is 3. The van der Waals surface area contributed by atoms with Gasteiger partial charge >= 0.3 is 0 Å². The molecule has 2 aliphatic rings. The van der Waals surface area contributed by atoms with Crippen LogP contribution in [0, 0.1) is 0 Å². The molecule has 0 saturated carbocycles. The molecule has 19 heavy (non-hydrogen) atoms. The lowest BCUT2D eigenvalue weighted by Gasteiger charge is -1.95. The molecule has 2 aliphatic heterocycles. The predicted molar refractivity (Wildman–Crippen MR) is 65.5 cm³/mol. The fraction of sp³-hybridized carbons (Fsp3) is 0.833. The molecule has 0 aromatic carbocycles. The molecule has 2 heterocycles. The van der Waals surface area contributed by atoms with Crippen molar-refractivity contribution >= 4 is 12.2 Å². The molecule has 2 saturated heterocycles. The molecule has 0 radical (unpaired) electrons. The minimum atomic E-state index is 0.392. The van der Waals surface area contributed by atoms with E-state index in [-0.39, 0.29) is 0 Å². The summed E-state index contributed by atoms with van der Waals surface area (Å²) < 4.78 is 15.1. The molecule has 0 amide bonds. The maximum atomic E-state index is 9.52. The van der Waals surface area contributed by atoms with Gasteiger partial charge in [-0.25, -0.2) is 19.6 Å². The first kappa shape index (κ1) is 15.7. The van der Waals surface area contributed by atoms with Crippen LogP contribution in [0.2, 0.25) is 0 Å². The molecule has 7 nitrogen and oxygen atoms in total. The molecule has 0 N–H and O–H groups in total. The van der Waals surface area contributed by atoms with Gasteiger partial charge in [-0.15, -0.1) is 0 Å². The lowest BCUT2D eigenvalue weighted by molar-refractivity contribution is 0.102. The van der Waals surface area contributed by atoms with Gasteiger partial charge in [0.05, 0.1) is 39.5 Å². The van der Waals surface area contributed by atoms with Crippen molar-refractivity contribution in [1.29, 1.82) is 0 Å². The zero-order valence-electron chi connectivity index (χ0n) is 10.7. The highest BCUT2D eigenvalue weighted by Gasteiger charge is 2.26. The number of nitrogens with zero attached hydrogens (tertiary/aromatic N) is 2. The minimum absolute atomic E-state index is 0.392. The molecule has 2 unspecified atom stereocenters. The van der Waals surface area contributed by atoms with Crippen molar-refractivity contribution in [2.45, 2.75) is 25.0 Å². The number of hydrogen-bond acceptors (Lipinski definition) is 7. The second-order valence-electron chi connectivity index (χ2n) is 4.10. The molecule has 0 aliphatic carbocycles. The largest absolute Gasteiger partial charge is 0.376 e. The first-order valence-electron chi connectivity index (χ1n) is 6.25. The van der Waals surface area contributed by atoms with Crippen molar-refractivity contribution in [3.8, 4) is 0 Å². The smallest absolute Gasteiger partial charge is 0.234 e. The van der Waals surface area contributed by atoms with Crippen molar-refractivity contribution in [2.75, 3.05) is 39.5 Å². The van der Waals surface area contributed by atoms with Crippen LogP contribution in [0.25, 0.3) is 0 Å². The summed E-state index contributed by atoms with van der Waals surface area (Å²) in [7, 11) is 0. The van der Waals surface area contributed by atoms with E-state index in [1.54, 1.807) is 0 Å². The number of hydrogen-bond donors (Lipinski definition) is 0. The van der Waals surface area contributed by atoms with Gasteiger partial charge in [0.15, 0.2) is 0 Å². The van der Waals surface area contributed by atoms with Crippen LogP contribution in [0.15, 0.2) is 9.98 Å². The second-order valence-corrected chi connectivity index (χ2v) is 4.10. The molecular formula is C12H18N2O5. The molecule has 2 atom stereocenters. The molecule has 2 rings (SSSR count). The summed E-state index contributed by atoms with van der Waals surface area (Å²) in [5.41, 5.74) is 0. The van der Waals surface area contributed by atoms with Gasteiger partial charge in [-0.1, -0.05) is 0 Å². The summed E-state index contributed by atoms with van der Waals surface area (Å²) in [6.07, 6.45) is 5.16. The Labute approximate surface area is 111 Å². The highest BCUT2D eigenvalue weighted by molar-refractivity contribution is 5.33. The SMILES string of the molecule is C(OCC1CO1)C1CO1.O=C=NCCCCN=C=O. The third-order valence-electron chi connectivity index (χ3n) is 2.33. The Morgan fingerprint density at radius 2 is 1.37 bits per heavy atom. The predicted octanol–water partition coefficient (Wildman–Crippen LogP) is 0.239. The zero-order valence-corrected chi connectivity index (χ0v) is 10.7. The Balaban J connectivity index is 0.000000190. The zero-order chi connectivity index (χ0) is 13.8. The van der Waals surface area contributed by atoms with E-state index in [9.17, 15) is 9.59 Å². The van der Waals surface area contributed by atoms with E-state index in [1.807, 2.05) is 0 Å². The molecule has 2 fully saturated rings. The van der Waals surface area contributed by atoms with E-state index in [0.717, 1.165) is 39.3 Å². The highest BCUT2D eigenvalue weighted by atomic mass is 16.6. The van der Waals surface area contributed by atoms with E-state index in [4.69, 9.17) is 14.2 Å². The third-order valence-corrected chi connectivity index (χ3v) is 2.33. The van der Waals surface area contributed by atoms with Crippen LogP contribution >= 0.6 is 0 Å². The summed E-state index contributed by atoms with van der Waals surface area (Å²) in [4.78, 5) is 25.7. The fourth-order valence-corrected chi connectivity index (χ4v) is 1.13. The lowest BCUT2D eigenvalue weighted by Crippen LogP contribution is -2.06. The van der Waals surface area contributed by atoms with Crippen LogP contribution in [-0.2, 0) is 23.8 Å². The van der Waals surface area contributed by atoms with E-state index < -0.39 is 0 Å². The first-order valence-corrected chi connectivity index (χ1v) is 6.25. The van der Waals surface area contributed by atoms with Gasteiger partial charge in [-0.2, -0.15) is 0 Å². The van der Waals surface area contributed by atoms with Gasteiger partial charge in [0.2, 0.25) is 12.2 Å². The average Bonchev–Trinajstić information content (AvgIpc) is 3.28. The normalized spacial score (nSPS) is 22.3. The number of epoxide rings is 2. The monoisotopic (exact) mass is 270 g/mol. The van der Waals surface area contributed by atoms with E-state index in [0.29, 0.717) is 25.3 Å². The molecule has 0 spiro atoms. The Morgan fingerprint density at radius 1 is 0.947 bits per heavy atom. The lowest BCUT2D eigenvalue weighted by atomic mass is 10.3. The van der Waals surface area contributed by atoms with Crippen LogP contribution in [0.5, 0.6) is 0 Å². The van der Waals surface area contributed by atoms with Crippen LogP contribution < -0.4 is 0 Å². The van der Waals surface area contributed by atoms with Gasteiger partial charge in [0, 0.05) is 0 Å². The van der Waals surface area contributed by atoms with E-state index in [2.05, 4.69) is 9.98 Å². The van der Waals surface area contributed by atoms with Gasteiger partial charge in [-0.3, -0.25) is 0 Å². The number of aliphatic imine (C=N–C) groups is 2. The molecule has 0 aromatic heterocycles. The second kappa shape index (κ2) is 10.6. The molecule has 0 aromatic rings. The van der Waals surface area contributed by atoms with Crippen molar-refractivity contribution in [2.24, 2.45) is 9.98 Å². The number of unbranched alkanes of at least 4 members (excludes halogenated alkanes) is 1. The summed E-state index contributed by atoms with van der Waals surface area (Å²) >= 11 is 0. The van der Waals surface area contributed by atoms with Crippen LogP contribution in [0.4, 0.5) is 0 Å². The average molecular weight is 270 g/mol. The molecule has 106 valence electrons. The standard InChI is InChI=1S/C6H8N2O2.C6H10O3/c9-5-7-3-1-2-4-8-6-10;1(5-3-8-5)7-2-6-4-9-6/h1-4H2;5-6H,1-4H2. The first-order chi connectivity index (χ1) is 9.36. The molecular weight excluding hydrogens is 252 g/mol. The quantitative estimate of drug-likeness (QED) is 0.259. The topological polar surface area (TPSA) is 93.2 Å². The fourth-order valence-electron chi connectivity index (χ4n) is 1.13. The third kappa shape index (κ3) is 11.5. The van der Waals surface area contributed by atoms with Crippen LogP contribution in [0.3, 0.4) is 0 Å². The molecule has 0 bridgehead atoms. The Hall–Kier alpha value is -1.36. The van der Waals surface area contributed by atoms with Crippen molar-refractivity contribution in [3.05, 3.63) is 0 Å². The van der Waals surface area contributed by atoms with Gasteiger partial charge in [0.25, 0.3) is 0 Å². The summed E-state index contributed by atoms with van der Waals surface area (Å²) in [5, 5.41) is 0. The highest BCUT2D eigenvalue weighted by Crippen LogP contribution is 2.12. The van der Waals surface area contributed by atoms with Gasteiger partial charge in [0.1, 0.15) is 12.2 Å². The summed E-state index contributed by atoms with van der Waals surface area (Å²) in [6, 6.07) is 0. The van der Waals surface area contributed by atoms with Gasteiger partial charge in [-0.05, 0) is 12.8 Å². The van der Waals surface area contributed by atoms with Gasteiger partial charge < -0.3 is 14.2 Å². The number of isocyanates is 2. The Kier molecular flexibility index (Phi) is 8.72.